The van der Waals surface area contributed by atoms with Crippen LogP contribution in [0.2, 0.25) is 0 Å². The molecular weight excluding hydrogens is 200 g/mol. The molecule has 0 fully saturated rings. The van der Waals surface area contributed by atoms with Crippen LogP contribution in [0.15, 0.2) is 18.3 Å². The summed E-state index contributed by atoms with van der Waals surface area (Å²) in [4.78, 5) is 4.33. The summed E-state index contributed by atoms with van der Waals surface area (Å²) < 4.78 is 5.71. The van der Waals surface area contributed by atoms with Gasteiger partial charge in [-0.25, -0.2) is 4.98 Å². The number of hydrogen-bond acceptors (Lipinski definition) is 3. The average Bonchev–Trinajstić information content (AvgIpc) is 2.27. The quantitative estimate of drug-likeness (QED) is 0.800. The second-order valence-electron chi connectivity index (χ2n) is 4.17. The fourth-order valence-corrected chi connectivity index (χ4v) is 1.53. The van der Waals surface area contributed by atoms with Gasteiger partial charge in [-0.3, -0.25) is 0 Å². The normalized spacial score (nSPS) is 10.9. The van der Waals surface area contributed by atoms with Crippen LogP contribution < -0.4 is 10.1 Å². The van der Waals surface area contributed by atoms with E-state index in [0.717, 1.165) is 24.4 Å². The Labute approximate surface area is 98.2 Å². The highest BCUT2D eigenvalue weighted by molar-refractivity contribution is 5.50. The summed E-state index contributed by atoms with van der Waals surface area (Å²) in [5.74, 6) is 1.69. The summed E-state index contributed by atoms with van der Waals surface area (Å²) in [6.45, 7) is 8.39. The summed E-state index contributed by atoms with van der Waals surface area (Å²) >= 11 is 0. The topological polar surface area (TPSA) is 34.2 Å². The molecular formula is C13H22N2O. The number of nitrogens with zero attached hydrogens (tertiary/aromatic N) is 1. The van der Waals surface area contributed by atoms with Crippen molar-refractivity contribution in [1.82, 2.24) is 4.98 Å². The predicted octanol–water partition coefficient (Wildman–Crippen LogP) is 3.47. The largest absolute Gasteiger partial charge is 0.487 e. The fraction of sp³-hybridized carbons (Fsp3) is 0.615. The van der Waals surface area contributed by atoms with Crippen LogP contribution in [0.4, 0.5) is 5.82 Å². The van der Waals surface area contributed by atoms with Gasteiger partial charge in [-0.15, -0.1) is 0 Å². The van der Waals surface area contributed by atoms with Crippen LogP contribution in [0.25, 0.3) is 0 Å². The van der Waals surface area contributed by atoms with Gasteiger partial charge in [-0.2, -0.15) is 0 Å². The lowest BCUT2D eigenvalue weighted by atomic mass is 10.2. The highest BCUT2D eigenvalue weighted by atomic mass is 16.5. The summed E-state index contributed by atoms with van der Waals surface area (Å²) in [7, 11) is 0. The maximum Gasteiger partial charge on any atom is 0.168 e. The van der Waals surface area contributed by atoms with E-state index in [1.807, 2.05) is 26.0 Å². The first-order chi connectivity index (χ1) is 7.67. The van der Waals surface area contributed by atoms with E-state index in [1.165, 1.54) is 0 Å². The third-order valence-electron chi connectivity index (χ3n) is 2.46. The van der Waals surface area contributed by atoms with E-state index in [9.17, 15) is 0 Å². The minimum atomic E-state index is 0.173. The lowest BCUT2D eigenvalue weighted by Gasteiger charge is -2.19. The second kappa shape index (κ2) is 6.36. The molecule has 0 spiro atoms. The van der Waals surface area contributed by atoms with Crippen molar-refractivity contribution in [1.29, 1.82) is 0 Å². The van der Waals surface area contributed by atoms with Gasteiger partial charge in [0.05, 0.1) is 6.10 Å². The standard InChI is InChI=1S/C13H22N2O/c1-5-11(6-2)15-13-12(16-10(3)4)8-7-9-14-13/h7-11H,5-6H2,1-4H3,(H,14,15). The number of pyridine rings is 1. The molecule has 0 saturated carbocycles. The van der Waals surface area contributed by atoms with Crippen molar-refractivity contribution in [2.45, 2.75) is 52.7 Å². The van der Waals surface area contributed by atoms with Crippen molar-refractivity contribution in [3.05, 3.63) is 18.3 Å². The van der Waals surface area contributed by atoms with Gasteiger partial charge in [-0.1, -0.05) is 13.8 Å². The van der Waals surface area contributed by atoms with Gasteiger partial charge in [0.25, 0.3) is 0 Å². The second-order valence-corrected chi connectivity index (χ2v) is 4.17. The van der Waals surface area contributed by atoms with Gasteiger partial charge in [0.2, 0.25) is 0 Å². The Balaban J connectivity index is 2.77. The molecule has 16 heavy (non-hydrogen) atoms. The molecule has 0 radical (unpaired) electrons. The third kappa shape index (κ3) is 3.72. The molecule has 1 aromatic rings. The predicted molar refractivity (Wildman–Crippen MR) is 68.0 cm³/mol. The zero-order valence-electron chi connectivity index (χ0n) is 10.7. The highest BCUT2D eigenvalue weighted by Crippen LogP contribution is 2.23. The van der Waals surface area contributed by atoms with E-state index >= 15 is 0 Å². The highest BCUT2D eigenvalue weighted by Gasteiger charge is 2.09. The van der Waals surface area contributed by atoms with E-state index in [0.29, 0.717) is 6.04 Å². The lowest BCUT2D eigenvalue weighted by Crippen LogP contribution is -2.19. The fourth-order valence-electron chi connectivity index (χ4n) is 1.53. The molecule has 0 aromatic carbocycles. The van der Waals surface area contributed by atoms with Crippen LogP contribution in [0, 0.1) is 0 Å². The maximum absolute atomic E-state index is 5.71. The number of nitrogens with one attached hydrogen (secondary N) is 1. The number of aromatic nitrogens is 1. The van der Waals surface area contributed by atoms with Crippen LogP contribution in [0.3, 0.4) is 0 Å². The van der Waals surface area contributed by atoms with Crippen molar-refractivity contribution in [3.8, 4) is 5.75 Å². The molecule has 1 N–H and O–H groups in total. The average molecular weight is 222 g/mol. The monoisotopic (exact) mass is 222 g/mol. The molecule has 0 aliphatic carbocycles. The van der Waals surface area contributed by atoms with Gasteiger partial charge >= 0.3 is 0 Å². The molecule has 0 atom stereocenters. The van der Waals surface area contributed by atoms with Gasteiger partial charge in [-0.05, 0) is 38.8 Å². The number of hydrogen-bond donors (Lipinski definition) is 1. The van der Waals surface area contributed by atoms with Crippen molar-refractivity contribution in [2.24, 2.45) is 0 Å². The van der Waals surface area contributed by atoms with E-state index in [1.54, 1.807) is 6.20 Å². The molecule has 1 rings (SSSR count). The zero-order chi connectivity index (χ0) is 12.0. The van der Waals surface area contributed by atoms with E-state index < -0.39 is 0 Å². The van der Waals surface area contributed by atoms with E-state index in [2.05, 4.69) is 24.1 Å². The van der Waals surface area contributed by atoms with Crippen molar-refractivity contribution >= 4 is 5.82 Å². The van der Waals surface area contributed by atoms with Crippen LogP contribution in [0.5, 0.6) is 5.75 Å². The Morgan fingerprint density at radius 3 is 2.56 bits per heavy atom. The smallest absolute Gasteiger partial charge is 0.168 e. The summed E-state index contributed by atoms with van der Waals surface area (Å²) in [5, 5.41) is 3.42. The first-order valence-corrected chi connectivity index (χ1v) is 6.05. The zero-order valence-corrected chi connectivity index (χ0v) is 10.7. The molecule has 0 unspecified atom stereocenters. The molecule has 0 aliphatic heterocycles. The molecule has 0 amide bonds. The molecule has 1 aromatic heterocycles. The number of anilines is 1. The van der Waals surface area contributed by atoms with Crippen LogP contribution >= 0.6 is 0 Å². The third-order valence-corrected chi connectivity index (χ3v) is 2.46. The molecule has 90 valence electrons. The molecule has 0 aliphatic rings. The summed E-state index contributed by atoms with van der Waals surface area (Å²) in [5.41, 5.74) is 0. The summed E-state index contributed by atoms with van der Waals surface area (Å²) in [6.07, 6.45) is 4.15. The minimum Gasteiger partial charge on any atom is -0.487 e. The Morgan fingerprint density at radius 2 is 2.00 bits per heavy atom. The van der Waals surface area contributed by atoms with Gasteiger partial charge in [0, 0.05) is 12.2 Å². The molecule has 1 heterocycles. The SMILES string of the molecule is CCC(CC)Nc1ncccc1OC(C)C. The van der Waals surface area contributed by atoms with Crippen LogP contribution in [-0.2, 0) is 0 Å². The van der Waals surface area contributed by atoms with Crippen molar-refractivity contribution < 1.29 is 4.74 Å². The first-order valence-electron chi connectivity index (χ1n) is 6.05. The van der Waals surface area contributed by atoms with Gasteiger partial charge < -0.3 is 10.1 Å². The van der Waals surface area contributed by atoms with E-state index in [4.69, 9.17) is 4.74 Å². The summed E-state index contributed by atoms with van der Waals surface area (Å²) in [6, 6.07) is 4.32. The Morgan fingerprint density at radius 1 is 1.31 bits per heavy atom. The molecule has 0 bridgehead atoms. The van der Waals surface area contributed by atoms with Crippen molar-refractivity contribution in [3.63, 3.8) is 0 Å². The Bertz CT molecular complexity index is 309. The first kappa shape index (κ1) is 12.8. The molecule has 3 nitrogen and oxygen atoms in total. The van der Waals surface area contributed by atoms with Gasteiger partial charge in [0.15, 0.2) is 11.6 Å². The Hall–Kier alpha value is -1.25. The van der Waals surface area contributed by atoms with E-state index in [-0.39, 0.29) is 6.10 Å². The van der Waals surface area contributed by atoms with Gasteiger partial charge in [0.1, 0.15) is 0 Å². The lowest BCUT2D eigenvalue weighted by molar-refractivity contribution is 0.242. The van der Waals surface area contributed by atoms with Crippen molar-refractivity contribution in [2.75, 3.05) is 5.32 Å². The maximum atomic E-state index is 5.71. The number of rotatable bonds is 6. The molecule has 0 saturated heterocycles. The van der Waals surface area contributed by atoms with Crippen LogP contribution in [-0.4, -0.2) is 17.1 Å². The van der Waals surface area contributed by atoms with Crippen LogP contribution in [0.1, 0.15) is 40.5 Å². The minimum absolute atomic E-state index is 0.173. The number of ether oxygens (including phenoxy) is 1. The Kier molecular flexibility index (Phi) is 5.09. The molecule has 3 heteroatoms.